The van der Waals surface area contributed by atoms with Gasteiger partial charge in [-0.3, -0.25) is 14.5 Å². The quantitative estimate of drug-likeness (QED) is 0.883. The van der Waals surface area contributed by atoms with E-state index >= 15 is 0 Å². The maximum absolute atomic E-state index is 12.4. The van der Waals surface area contributed by atoms with Crippen molar-refractivity contribution in [2.45, 2.75) is 51.1 Å². The van der Waals surface area contributed by atoms with E-state index in [2.05, 4.69) is 33.9 Å². The molecule has 2 N–H and O–H groups in total. The highest BCUT2D eigenvalue weighted by atomic mass is 32.1. The van der Waals surface area contributed by atoms with Gasteiger partial charge in [-0.05, 0) is 49.1 Å². The number of nitrogens with zero attached hydrogens (tertiary/aromatic N) is 1. The lowest BCUT2D eigenvalue weighted by Gasteiger charge is -2.35. The molecule has 1 saturated heterocycles. The summed E-state index contributed by atoms with van der Waals surface area (Å²) in [5.41, 5.74) is 1.38. The van der Waals surface area contributed by atoms with Crippen molar-refractivity contribution in [2.75, 3.05) is 19.6 Å². The molecule has 2 aliphatic rings. The van der Waals surface area contributed by atoms with Crippen LogP contribution in [0.25, 0.3) is 0 Å². The van der Waals surface area contributed by atoms with E-state index in [0.29, 0.717) is 12.6 Å². The number of amides is 2. The van der Waals surface area contributed by atoms with Crippen molar-refractivity contribution in [3.63, 3.8) is 0 Å². The molecule has 1 aromatic heterocycles. The summed E-state index contributed by atoms with van der Waals surface area (Å²) in [5.74, 6) is -0.0779. The molecule has 6 heteroatoms. The molecule has 0 bridgehead atoms. The molecule has 0 aliphatic carbocycles. The van der Waals surface area contributed by atoms with E-state index in [4.69, 9.17) is 0 Å². The van der Waals surface area contributed by atoms with Crippen molar-refractivity contribution >= 4 is 23.2 Å². The summed E-state index contributed by atoms with van der Waals surface area (Å²) < 4.78 is 0. The molecule has 0 spiro atoms. The number of thiophene rings is 1. The summed E-state index contributed by atoms with van der Waals surface area (Å²) in [7, 11) is 0. The SMILES string of the molecule is CC[C@H]1c2ccsc2CCN1CC(=O)N[C@H]1CCCCNC1=O. The third-order valence-electron chi connectivity index (χ3n) is 4.81. The van der Waals surface area contributed by atoms with Gasteiger partial charge in [0.25, 0.3) is 0 Å². The predicted octanol–water partition coefficient (Wildman–Crippen LogP) is 1.84. The van der Waals surface area contributed by atoms with Crippen LogP contribution < -0.4 is 10.6 Å². The van der Waals surface area contributed by atoms with Gasteiger partial charge in [0, 0.05) is 24.0 Å². The molecule has 3 heterocycles. The van der Waals surface area contributed by atoms with Crippen LogP contribution >= 0.6 is 11.3 Å². The first-order valence-electron chi connectivity index (χ1n) is 8.56. The highest BCUT2D eigenvalue weighted by Crippen LogP contribution is 2.34. The lowest BCUT2D eigenvalue weighted by Crippen LogP contribution is -2.49. The maximum atomic E-state index is 12.4. The predicted molar refractivity (Wildman–Crippen MR) is 91.4 cm³/mol. The minimum absolute atomic E-state index is 0.0378. The summed E-state index contributed by atoms with van der Waals surface area (Å²) >= 11 is 1.82. The van der Waals surface area contributed by atoms with E-state index < -0.39 is 0 Å². The first kappa shape index (κ1) is 16.5. The fraction of sp³-hybridized carbons (Fsp3) is 0.647. The zero-order valence-electron chi connectivity index (χ0n) is 13.6. The Labute approximate surface area is 141 Å². The zero-order chi connectivity index (χ0) is 16.2. The number of hydrogen-bond donors (Lipinski definition) is 2. The van der Waals surface area contributed by atoms with Crippen molar-refractivity contribution in [1.29, 1.82) is 0 Å². The summed E-state index contributed by atoms with van der Waals surface area (Å²) in [6, 6.07) is 2.14. The van der Waals surface area contributed by atoms with Crippen molar-refractivity contribution in [2.24, 2.45) is 0 Å². The molecule has 3 rings (SSSR count). The third-order valence-corrected chi connectivity index (χ3v) is 5.81. The van der Waals surface area contributed by atoms with Gasteiger partial charge in [-0.25, -0.2) is 0 Å². The number of carbonyl (C=O) groups excluding carboxylic acids is 2. The molecule has 2 aliphatic heterocycles. The Kier molecular flexibility index (Phi) is 5.33. The smallest absolute Gasteiger partial charge is 0.242 e. The van der Waals surface area contributed by atoms with Crippen LogP contribution in [-0.2, 0) is 16.0 Å². The first-order valence-corrected chi connectivity index (χ1v) is 9.44. The lowest BCUT2D eigenvalue weighted by atomic mass is 9.98. The Balaban J connectivity index is 1.60. The Morgan fingerprint density at radius 2 is 2.35 bits per heavy atom. The van der Waals surface area contributed by atoms with Gasteiger partial charge in [0.15, 0.2) is 0 Å². The molecule has 0 radical (unpaired) electrons. The lowest BCUT2D eigenvalue weighted by molar-refractivity contribution is -0.129. The van der Waals surface area contributed by atoms with Crippen LogP contribution in [0.4, 0.5) is 0 Å². The Morgan fingerprint density at radius 3 is 3.17 bits per heavy atom. The number of fused-ring (bicyclic) bond motifs is 1. The van der Waals surface area contributed by atoms with Crippen LogP contribution in [0.1, 0.15) is 49.1 Å². The van der Waals surface area contributed by atoms with E-state index in [0.717, 1.165) is 45.2 Å². The van der Waals surface area contributed by atoms with Gasteiger partial charge in [-0.2, -0.15) is 0 Å². The van der Waals surface area contributed by atoms with Crippen LogP contribution in [0.15, 0.2) is 11.4 Å². The Hall–Kier alpha value is -1.40. The first-order chi connectivity index (χ1) is 11.2. The number of hydrogen-bond acceptors (Lipinski definition) is 4. The molecule has 2 amide bonds. The van der Waals surface area contributed by atoms with Gasteiger partial charge < -0.3 is 10.6 Å². The van der Waals surface area contributed by atoms with Crippen molar-refractivity contribution < 1.29 is 9.59 Å². The summed E-state index contributed by atoms with van der Waals surface area (Å²) in [6.07, 6.45) is 4.72. The van der Waals surface area contributed by atoms with Gasteiger partial charge in [0.05, 0.1) is 6.54 Å². The molecule has 126 valence electrons. The van der Waals surface area contributed by atoms with Crippen LogP contribution in [0, 0.1) is 0 Å². The zero-order valence-corrected chi connectivity index (χ0v) is 14.5. The molecule has 1 aromatic rings. The normalized spacial score (nSPS) is 25.3. The van der Waals surface area contributed by atoms with Gasteiger partial charge in [0.2, 0.25) is 11.8 Å². The van der Waals surface area contributed by atoms with Crippen molar-refractivity contribution in [3.8, 4) is 0 Å². The molecule has 23 heavy (non-hydrogen) atoms. The maximum Gasteiger partial charge on any atom is 0.242 e. The monoisotopic (exact) mass is 335 g/mol. The van der Waals surface area contributed by atoms with Crippen LogP contribution in [0.5, 0.6) is 0 Å². The second-order valence-electron chi connectivity index (χ2n) is 6.35. The van der Waals surface area contributed by atoms with E-state index in [1.807, 2.05) is 11.3 Å². The molecule has 0 unspecified atom stereocenters. The number of nitrogens with one attached hydrogen (secondary N) is 2. The second-order valence-corrected chi connectivity index (χ2v) is 7.35. The minimum atomic E-state index is -0.369. The standard InChI is InChI=1S/C17H25N3O2S/c1-2-14-12-7-10-23-15(12)6-9-20(14)11-16(21)19-13-5-3-4-8-18-17(13)22/h7,10,13-14H,2-6,8-9,11H2,1H3,(H,18,22)(H,19,21)/t13-,14-/m0/s1. The molecule has 5 nitrogen and oxygen atoms in total. The van der Waals surface area contributed by atoms with Gasteiger partial charge >= 0.3 is 0 Å². The van der Waals surface area contributed by atoms with E-state index in [9.17, 15) is 9.59 Å². The number of carbonyl (C=O) groups is 2. The largest absolute Gasteiger partial charge is 0.354 e. The third kappa shape index (κ3) is 3.75. The average Bonchev–Trinajstić information content (AvgIpc) is 2.92. The second kappa shape index (κ2) is 7.45. The molecule has 1 fully saturated rings. The fourth-order valence-electron chi connectivity index (χ4n) is 3.62. The van der Waals surface area contributed by atoms with E-state index in [1.54, 1.807) is 0 Å². The molecule has 2 atom stereocenters. The van der Waals surface area contributed by atoms with Crippen molar-refractivity contribution in [1.82, 2.24) is 15.5 Å². The molecular weight excluding hydrogens is 310 g/mol. The summed E-state index contributed by atoms with van der Waals surface area (Å²) in [4.78, 5) is 28.1. The van der Waals surface area contributed by atoms with Gasteiger partial charge in [-0.1, -0.05) is 6.92 Å². The summed E-state index contributed by atoms with van der Waals surface area (Å²) in [5, 5.41) is 7.94. The minimum Gasteiger partial charge on any atom is -0.354 e. The van der Waals surface area contributed by atoms with Crippen LogP contribution in [0.3, 0.4) is 0 Å². The van der Waals surface area contributed by atoms with Crippen LogP contribution in [-0.4, -0.2) is 42.4 Å². The fourth-order valence-corrected chi connectivity index (χ4v) is 4.55. The van der Waals surface area contributed by atoms with Gasteiger partial charge in [-0.15, -0.1) is 11.3 Å². The summed E-state index contributed by atoms with van der Waals surface area (Å²) in [6.45, 7) is 4.17. The molecular formula is C17H25N3O2S. The number of rotatable bonds is 4. The molecule has 0 aromatic carbocycles. The Morgan fingerprint density at radius 1 is 1.48 bits per heavy atom. The Bertz CT molecular complexity index is 572. The van der Waals surface area contributed by atoms with Crippen LogP contribution in [0.2, 0.25) is 0 Å². The van der Waals surface area contributed by atoms with Crippen molar-refractivity contribution in [3.05, 3.63) is 21.9 Å². The average molecular weight is 335 g/mol. The van der Waals surface area contributed by atoms with E-state index in [1.165, 1.54) is 10.4 Å². The van der Waals surface area contributed by atoms with Gasteiger partial charge in [0.1, 0.15) is 6.04 Å². The topological polar surface area (TPSA) is 61.4 Å². The van der Waals surface area contributed by atoms with E-state index in [-0.39, 0.29) is 17.9 Å². The highest BCUT2D eigenvalue weighted by Gasteiger charge is 2.29. The molecule has 0 saturated carbocycles. The highest BCUT2D eigenvalue weighted by molar-refractivity contribution is 7.10.